The molecule has 1 saturated heterocycles. The summed E-state index contributed by atoms with van der Waals surface area (Å²) in [6.45, 7) is 0. The van der Waals surface area contributed by atoms with Crippen LogP contribution in [0.1, 0.15) is 24.5 Å². The second-order valence-electron chi connectivity index (χ2n) is 2.93. The van der Waals surface area contributed by atoms with Crippen LogP contribution >= 0.6 is 12.2 Å². The molecule has 1 heterocycles. The number of rotatable bonds is 1. The van der Waals surface area contributed by atoms with E-state index in [1.165, 1.54) is 5.56 Å². The molecule has 0 amide bonds. The maximum Gasteiger partial charge on any atom is 0.160 e. The van der Waals surface area contributed by atoms with Gasteiger partial charge < -0.3 is 4.74 Å². The lowest BCUT2D eigenvalue weighted by atomic mass is 10.1. The van der Waals surface area contributed by atoms with Crippen molar-refractivity contribution in [2.45, 2.75) is 18.9 Å². The fraction of sp³-hybridized carbons (Fsp3) is 0.300. The number of thiocarbonyl (C=S) groups is 1. The largest absolute Gasteiger partial charge is 0.479 e. The van der Waals surface area contributed by atoms with Gasteiger partial charge in [-0.05, 0) is 24.2 Å². The van der Waals surface area contributed by atoms with E-state index >= 15 is 0 Å². The van der Waals surface area contributed by atoms with Gasteiger partial charge in [-0.2, -0.15) is 0 Å². The molecule has 1 aromatic rings. The van der Waals surface area contributed by atoms with Gasteiger partial charge in [-0.3, -0.25) is 0 Å². The lowest BCUT2D eigenvalue weighted by molar-refractivity contribution is 0.229. The number of ether oxygens (including phenoxy) is 1. The van der Waals surface area contributed by atoms with Crippen molar-refractivity contribution in [3.8, 4) is 0 Å². The second-order valence-corrected chi connectivity index (χ2v) is 3.38. The average Bonchev–Trinajstić information content (AvgIpc) is 2.54. The first-order chi connectivity index (χ1) is 5.86. The number of benzene rings is 1. The summed E-state index contributed by atoms with van der Waals surface area (Å²) < 4.78 is 5.48. The van der Waals surface area contributed by atoms with Crippen LogP contribution in [0.3, 0.4) is 0 Å². The van der Waals surface area contributed by atoms with Crippen molar-refractivity contribution in [2.24, 2.45) is 0 Å². The first-order valence-corrected chi connectivity index (χ1v) is 4.51. The lowest BCUT2D eigenvalue weighted by Crippen LogP contribution is -1.96. The van der Waals surface area contributed by atoms with Gasteiger partial charge in [0.25, 0.3) is 0 Å². The summed E-state index contributed by atoms with van der Waals surface area (Å²) in [7, 11) is 0. The first kappa shape index (κ1) is 7.74. The molecule has 1 aromatic carbocycles. The van der Waals surface area contributed by atoms with Gasteiger partial charge in [0.1, 0.15) is 6.10 Å². The molecule has 0 radical (unpaired) electrons. The van der Waals surface area contributed by atoms with Gasteiger partial charge in [0.2, 0.25) is 0 Å². The summed E-state index contributed by atoms with van der Waals surface area (Å²) in [6.07, 6.45) is 2.16. The van der Waals surface area contributed by atoms with Crippen LogP contribution in [0, 0.1) is 0 Å². The standard InChI is InChI=1S/C10H10OS/c12-10-7-6-9(11-10)8-4-2-1-3-5-8/h1-5,9H,6-7H2/t9-/m1/s1. The number of hydrogen-bond acceptors (Lipinski definition) is 2. The molecule has 1 aliphatic rings. The third-order valence-electron chi connectivity index (χ3n) is 2.06. The average molecular weight is 178 g/mol. The van der Waals surface area contributed by atoms with E-state index in [0.29, 0.717) is 0 Å². The highest BCUT2D eigenvalue weighted by atomic mass is 32.1. The van der Waals surface area contributed by atoms with Crippen molar-refractivity contribution in [3.63, 3.8) is 0 Å². The molecule has 0 spiro atoms. The zero-order valence-corrected chi connectivity index (χ0v) is 7.51. The van der Waals surface area contributed by atoms with Gasteiger partial charge in [-0.15, -0.1) is 0 Å². The van der Waals surface area contributed by atoms with Gasteiger partial charge in [0, 0.05) is 6.42 Å². The van der Waals surface area contributed by atoms with Crippen LogP contribution in [-0.2, 0) is 4.74 Å². The van der Waals surface area contributed by atoms with Gasteiger partial charge in [0.05, 0.1) is 0 Å². The molecule has 1 aliphatic heterocycles. The van der Waals surface area contributed by atoms with E-state index in [1.54, 1.807) is 0 Å². The topological polar surface area (TPSA) is 9.23 Å². The summed E-state index contributed by atoms with van der Waals surface area (Å²) >= 11 is 4.97. The van der Waals surface area contributed by atoms with Gasteiger partial charge >= 0.3 is 0 Å². The highest BCUT2D eigenvalue weighted by molar-refractivity contribution is 7.80. The Morgan fingerprint density at radius 3 is 2.58 bits per heavy atom. The molecule has 62 valence electrons. The summed E-state index contributed by atoms with van der Waals surface area (Å²) in [5.41, 5.74) is 1.23. The number of hydrogen-bond donors (Lipinski definition) is 0. The van der Waals surface area contributed by atoms with Crippen LogP contribution in [0.2, 0.25) is 0 Å². The summed E-state index contributed by atoms with van der Waals surface area (Å²) in [5.74, 6) is 0. The molecule has 2 heteroatoms. The van der Waals surface area contributed by atoms with Gasteiger partial charge in [0.15, 0.2) is 5.05 Å². The third-order valence-corrected chi connectivity index (χ3v) is 2.36. The minimum absolute atomic E-state index is 0.207. The van der Waals surface area contributed by atoms with Crippen molar-refractivity contribution >= 4 is 17.3 Å². The molecular weight excluding hydrogens is 168 g/mol. The minimum atomic E-state index is 0.207. The SMILES string of the molecule is S=C1CC[C@H](c2ccccc2)O1. The highest BCUT2D eigenvalue weighted by Crippen LogP contribution is 2.29. The van der Waals surface area contributed by atoms with Crippen molar-refractivity contribution in [3.05, 3.63) is 35.9 Å². The first-order valence-electron chi connectivity index (χ1n) is 4.11. The Bertz CT molecular complexity index is 281. The van der Waals surface area contributed by atoms with Crippen LogP contribution in [0.5, 0.6) is 0 Å². The Labute approximate surface area is 77.4 Å². The lowest BCUT2D eigenvalue weighted by Gasteiger charge is -2.08. The van der Waals surface area contributed by atoms with Crippen LogP contribution in [-0.4, -0.2) is 5.05 Å². The van der Waals surface area contributed by atoms with Gasteiger partial charge in [-0.1, -0.05) is 30.3 Å². The molecular formula is C10H10OS. The maximum atomic E-state index is 5.48. The zero-order valence-electron chi connectivity index (χ0n) is 6.69. The maximum absolute atomic E-state index is 5.48. The van der Waals surface area contributed by atoms with Crippen molar-refractivity contribution in [1.29, 1.82) is 0 Å². The summed E-state index contributed by atoms with van der Waals surface area (Å²) in [4.78, 5) is 0. The van der Waals surface area contributed by atoms with Crippen LogP contribution < -0.4 is 0 Å². The van der Waals surface area contributed by atoms with E-state index in [1.807, 2.05) is 18.2 Å². The molecule has 1 nitrogen and oxygen atoms in total. The van der Waals surface area contributed by atoms with E-state index in [2.05, 4.69) is 12.1 Å². The molecule has 0 unspecified atom stereocenters. The fourth-order valence-corrected chi connectivity index (χ4v) is 1.66. The summed E-state index contributed by atoms with van der Waals surface area (Å²) in [6, 6.07) is 10.2. The van der Waals surface area contributed by atoms with E-state index in [-0.39, 0.29) is 6.10 Å². The molecule has 0 bridgehead atoms. The predicted molar refractivity (Wildman–Crippen MR) is 52.1 cm³/mol. The van der Waals surface area contributed by atoms with E-state index < -0.39 is 0 Å². The van der Waals surface area contributed by atoms with Crippen LogP contribution in [0.4, 0.5) is 0 Å². The van der Waals surface area contributed by atoms with Gasteiger partial charge in [-0.25, -0.2) is 0 Å². The molecule has 0 N–H and O–H groups in total. The Morgan fingerprint density at radius 1 is 1.25 bits per heavy atom. The normalized spacial score (nSPS) is 22.3. The molecule has 12 heavy (non-hydrogen) atoms. The second kappa shape index (κ2) is 3.23. The van der Waals surface area contributed by atoms with E-state index in [9.17, 15) is 0 Å². The Kier molecular flexibility index (Phi) is 2.09. The van der Waals surface area contributed by atoms with Crippen LogP contribution in [0.15, 0.2) is 30.3 Å². The highest BCUT2D eigenvalue weighted by Gasteiger charge is 2.21. The van der Waals surface area contributed by atoms with Crippen molar-refractivity contribution < 1.29 is 4.74 Å². The van der Waals surface area contributed by atoms with E-state index in [4.69, 9.17) is 17.0 Å². The fourth-order valence-electron chi connectivity index (χ4n) is 1.43. The Morgan fingerprint density at radius 2 is 2.00 bits per heavy atom. The van der Waals surface area contributed by atoms with Crippen molar-refractivity contribution in [2.75, 3.05) is 0 Å². The molecule has 0 aliphatic carbocycles. The Hall–Kier alpha value is -0.890. The minimum Gasteiger partial charge on any atom is -0.479 e. The van der Waals surface area contributed by atoms with E-state index in [0.717, 1.165) is 17.9 Å². The summed E-state index contributed by atoms with van der Waals surface area (Å²) in [5, 5.41) is 0.754. The Balaban J connectivity index is 2.16. The predicted octanol–water partition coefficient (Wildman–Crippen LogP) is 2.87. The molecule has 1 fully saturated rings. The third kappa shape index (κ3) is 1.48. The monoisotopic (exact) mass is 178 g/mol. The quantitative estimate of drug-likeness (QED) is 0.611. The molecule has 0 saturated carbocycles. The molecule has 2 rings (SSSR count). The van der Waals surface area contributed by atoms with Crippen LogP contribution in [0.25, 0.3) is 0 Å². The zero-order chi connectivity index (χ0) is 8.39. The van der Waals surface area contributed by atoms with Crippen molar-refractivity contribution in [1.82, 2.24) is 0 Å². The smallest absolute Gasteiger partial charge is 0.160 e. The molecule has 0 aromatic heterocycles. The molecule has 1 atom stereocenters.